The molecule has 0 spiro atoms. The fraction of sp³-hybridized carbons (Fsp3) is 0.571. The number of hydrogen-bond donors (Lipinski definition) is 1. The van der Waals surface area contributed by atoms with E-state index in [2.05, 4.69) is 0 Å². The summed E-state index contributed by atoms with van der Waals surface area (Å²) in [4.78, 5) is 0.325. The summed E-state index contributed by atoms with van der Waals surface area (Å²) in [6.07, 6.45) is 2.79. The van der Waals surface area contributed by atoms with Crippen LogP contribution in [0.3, 0.4) is 0 Å². The Balaban J connectivity index is 3.15. The van der Waals surface area contributed by atoms with E-state index in [1.807, 2.05) is 26.2 Å². The van der Waals surface area contributed by atoms with Crippen LogP contribution in [0.5, 0.6) is 0 Å². The van der Waals surface area contributed by atoms with Crippen LogP contribution in [-0.4, -0.2) is 37.8 Å². The smallest absolute Gasteiger partial charge is 0.243 e. The average molecular weight is 316 g/mol. The highest BCUT2D eigenvalue weighted by molar-refractivity contribution is 7.98. The number of sulfonamides is 1. The number of aryl methyl sites for hydroxylation is 1. The Hall–Kier alpha value is -0.560. The molecular weight excluding hydrogens is 292 g/mol. The lowest BCUT2D eigenvalue weighted by atomic mass is 10.1. The Bertz CT molecular complexity index is 544. The van der Waals surface area contributed by atoms with E-state index in [4.69, 9.17) is 5.73 Å². The number of nitrogens with two attached hydrogens (primary N) is 1. The SMILES string of the molecule is CCC(CSC)N(C)S(=O)(=O)c1ccc(C)c(CN)c1. The summed E-state index contributed by atoms with van der Waals surface area (Å²) in [7, 11) is -1.80. The molecule has 1 unspecified atom stereocenters. The molecule has 1 rings (SSSR count). The topological polar surface area (TPSA) is 63.4 Å². The van der Waals surface area contributed by atoms with Crippen molar-refractivity contribution in [3.63, 3.8) is 0 Å². The Kier molecular flexibility index (Phi) is 6.51. The van der Waals surface area contributed by atoms with E-state index in [1.165, 1.54) is 4.31 Å². The summed E-state index contributed by atoms with van der Waals surface area (Å²) in [6, 6.07) is 5.18. The molecule has 0 aliphatic heterocycles. The third kappa shape index (κ3) is 3.75. The molecule has 1 aromatic carbocycles. The zero-order valence-corrected chi connectivity index (χ0v) is 14.2. The molecule has 114 valence electrons. The second-order valence-corrected chi connectivity index (χ2v) is 7.74. The van der Waals surface area contributed by atoms with Crippen molar-refractivity contribution >= 4 is 21.8 Å². The molecule has 0 radical (unpaired) electrons. The second-order valence-electron chi connectivity index (χ2n) is 4.83. The zero-order valence-electron chi connectivity index (χ0n) is 12.6. The molecule has 1 atom stereocenters. The molecule has 0 bridgehead atoms. The highest BCUT2D eigenvalue weighted by atomic mass is 32.2. The monoisotopic (exact) mass is 316 g/mol. The van der Waals surface area contributed by atoms with Crippen LogP contribution < -0.4 is 5.73 Å². The van der Waals surface area contributed by atoms with Gasteiger partial charge >= 0.3 is 0 Å². The molecule has 0 heterocycles. The van der Waals surface area contributed by atoms with Gasteiger partial charge in [-0.25, -0.2) is 8.42 Å². The van der Waals surface area contributed by atoms with Crippen molar-refractivity contribution in [2.24, 2.45) is 5.73 Å². The van der Waals surface area contributed by atoms with E-state index in [1.54, 1.807) is 30.9 Å². The molecule has 2 N–H and O–H groups in total. The number of benzene rings is 1. The van der Waals surface area contributed by atoms with E-state index in [0.717, 1.165) is 23.3 Å². The number of hydrogen-bond acceptors (Lipinski definition) is 4. The Labute approximate surface area is 126 Å². The summed E-state index contributed by atoms with van der Waals surface area (Å²) >= 11 is 1.66. The number of rotatable bonds is 7. The first-order chi connectivity index (χ1) is 9.38. The minimum absolute atomic E-state index is 0.0117. The Morgan fingerprint density at radius 1 is 1.40 bits per heavy atom. The minimum atomic E-state index is -3.46. The van der Waals surface area contributed by atoms with Crippen LogP contribution in [0.25, 0.3) is 0 Å². The highest BCUT2D eigenvalue weighted by Gasteiger charge is 2.27. The van der Waals surface area contributed by atoms with Gasteiger partial charge in [0.15, 0.2) is 0 Å². The van der Waals surface area contributed by atoms with Gasteiger partial charge in [0, 0.05) is 25.4 Å². The van der Waals surface area contributed by atoms with Gasteiger partial charge in [0.05, 0.1) is 4.90 Å². The summed E-state index contributed by atoms with van der Waals surface area (Å²) in [5.41, 5.74) is 7.55. The predicted octanol–water partition coefficient (Wildman–Crippen LogP) is 2.22. The molecule has 0 fully saturated rings. The van der Waals surface area contributed by atoms with Crippen molar-refractivity contribution in [1.29, 1.82) is 0 Å². The first-order valence-corrected chi connectivity index (χ1v) is 9.48. The lowest BCUT2D eigenvalue weighted by molar-refractivity contribution is 0.385. The van der Waals surface area contributed by atoms with Gasteiger partial charge in [-0.1, -0.05) is 13.0 Å². The quantitative estimate of drug-likeness (QED) is 0.838. The van der Waals surface area contributed by atoms with Gasteiger partial charge in [-0.3, -0.25) is 0 Å². The molecule has 4 nitrogen and oxygen atoms in total. The molecule has 6 heteroatoms. The van der Waals surface area contributed by atoms with Crippen molar-refractivity contribution in [2.45, 2.75) is 37.8 Å². The maximum absolute atomic E-state index is 12.7. The maximum Gasteiger partial charge on any atom is 0.243 e. The predicted molar refractivity (Wildman–Crippen MR) is 86.5 cm³/mol. The largest absolute Gasteiger partial charge is 0.326 e. The van der Waals surface area contributed by atoms with Gasteiger partial charge in [0.1, 0.15) is 0 Å². The van der Waals surface area contributed by atoms with Gasteiger partial charge in [-0.05, 0) is 42.9 Å². The van der Waals surface area contributed by atoms with Crippen LogP contribution in [0.2, 0.25) is 0 Å². The second kappa shape index (κ2) is 7.45. The first kappa shape index (κ1) is 17.5. The van der Waals surface area contributed by atoms with Crippen LogP contribution in [0.15, 0.2) is 23.1 Å². The van der Waals surface area contributed by atoms with Crippen LogP contribution in [0, 0.1) is 6.92 Å². The normalized spacial score (nSPS) is 13.7. The lowest BCUT2D eigenvalue weighted by Crippen LogP contribution is -2.38. The van der Waals surface area contributed by atoms with Crippen LogP contribution in [0.1, 0.15) is 24.5 Å². The molecule has 20 heavy (non-hydrogen) atoms. The van der Waals surface area contributed by atoms with E-state index in [-0.39, 0.29) is 6.04 Å². The molecule has 0 saturated carbocycles. The minimum Gasteiger partial charge on any atom is -0.326 e. The summed E-state index contributed by atoms with van der Waals surface area (Å²) in [5.74, 6) is 0.793. The van der Waals surface area contributed by atoms with Crippen LogP contribution >= 0.6 is 11.8 Å². The molecular formula is C14H24N2O2S2. The van der Waals surface area contributed by atoms with Crippen molar-refractivity contribution in [2.75, 3.05) is 19.1 Å². The molecule has 0 aliphatic carbocycles. The zero-order chi connectivity index (χ0) is 15.3. The van der Waals surface area contributed by atoms with Gasteiger partial charge in [0.2, 0.25) is 10.0 Å². The highest BCUT2D eigenvalue weighted by Crippen LogP contribution is 2.22. The maximum atomic E-state index is 12.7. The van der Waals surface area contributed by atoms with Crippen molar-refractivity contribution in [3.05, 3.63) is 29.3 Å². The van der Waals surface area contributed by atoms with Gasteiger partial charge in [-0.2, -0.15) is 16.1 Å². The first-order valence-electron chi connectivity index (χ1n) is 6.65. The van der Waals surface area contributed by atoms with Gasteiger partial charge < -0.3 is 5.73 Å². The summed E-state index contributed by atoms with van der Waals surface area (Å²) in [6.45, 7) is 4.29. The fourth-order valence-corrected chi connectivity index (χ4v) is 4.48. The van der Waals surface area contributed by atoms with E-state index < -0.39 is 10.0 Å². The van der Waals surface area contributed by atoms with E-state index >= 15 is 0 Å². The Morgan fingerprint density at radius 3 is 2.55 bits per heavy atom. The number of nitrogens with zero attached hydrogens (tertiary/aromatic N) is 1. The average Bonchev–Trinajstić information content (AvgIpc) is 2.44. The van der Waals surface area contributed by atoms with Crippen molar-refractivity contribution < 1.29 is 8.42 Å². The van der Waals surface area contributed by atoms with Crippen molar-refractivity contribution in [1.82, 2.24) is 4.31 Å². The molecule has 0 saturated heterocycles. The summed E-state index contributed by atoms with van der Waals surface area (Å²) in [5, 5.41) is 0. The molecule has 0 amide bonds. The molecule has 0 aromatic heterocycles. The van der Waals surface area contributed by atoms with E-state index in [0.29, 0.717) is 11.4 Å². The number of thioether (sulfide) groups is 1. The van der Waals surface area contributed by atoms with Crippen LogP contribution in [-0.2, 0) is 16.6 Å². The van der Waals surface area contributed by atoms with Gasteiger partial charge in [0.25, 0.3) is 0 Å². The fourth-order valence-electron chi connectivity index (χ4n) is 2.06. The third-order valence-corrected chi connectivity index (χ3v) is 6.19. The molecule has 0 aliphatic rings. The Morgan fingerprint density at radius 2 is 2.05 bits per heavy atom. The van der Waals surface area contributed by atoms with E-state index in [9.17, 15) is 8.42 Å². The van der Waals surface area contributed by atoms with Crippen molar-refractivity contribution in [3.8, 4) is 0 Å². The van der Waals surface area contributed by atoms with Gasteiger partial charge in [-0.15, -0.1) is 0 Å². The summed E-state index contributed by atoms with van der Waals surface area (Å²) < 4.78 is 26.8. The van der Waals surface area contributed by atoms with Crippen LogP contribution in [0.4, 0.5) is 0 Å². The third-order valence-electron chi connectivity index (χ3n) is 3.56. The lowest BCUT2D eigenvalue weighted by Gasteiger charge is -2.26. The standard InChI is InChI=1S/C14H24N2O2S2/c1-5-13(10-19-4)16(3)20(17,18)14-7-6-11(2)12(8-14)9-15/h6-8,13H,5,9-10,15H2,1-4H3. The molecule has 1 aromatic rings.